The molecule has 3 unspecified atom stereocenters. The van der Waals surface area contributed by atoms with Crippen LogP contribution < -0.4 is 5.56 Å². The molecule has 3 atom stereocenters. The molecule has 1 amide bonds. The van der Waals surface area contributed by atoms with Crippen molar-refractivity contribution in [3.8, 4) is 11.1 Å². The van der Waals surface area contributed by atoms with Crippen molar-refractivity contribution in [1.29, 1.82) is 0 Å². The first kappa shape index (κ1) is 23.6. The predicted octanol–water partition coefficient (Wildman–Crippen LogP) is 4.65. The van der Waals surface area contributed by atoms with Crippen molar-refractivity contribution in [2.45, 2.75) is 37.5 Å². The van der Waals surface area contributed by atoms with Crippen LogP contribution in [0.4, 0.5) is 4.79 Å². The largest absolute Gasteiger partial charge is 0.468 e. The molecule has 8 nitrogen and oxygen atoms in total. The maximum atomic E-state index is 13.4. The Labute approximate surface area is 224 Å². The van der Waals surface area contributed by atoms with Gasteiger partial charge in [0.25, 0.3) is 5.56 Å². The van der Waals surface area contributed by atoms with E-state index in [4.69, 9.17) is 9.47 Å². The van der Waals surface area contributed by atoms with Crippen molar-refractivity contribution in [3.05, 3.63) is 100 Å². The summed E-state index contributed by atoms with van der Waals surface area (Å²) in [5.41, 5.74) is 5.67. The van der Waals surface area contributed by atoms with Crippen LogP contribution in [0.15, 0.2) is 77.9 Å². The molecule has 39 heavy (non-hydrogen) atoms. The van der Waals surface area contributed by atoms with E-state index in [0.717, 1.165) is 40.7 Å². The molecule has 1 saturated heterocycles. The Morgan fingerprint density at radius 1 is 0.974 bits per heavy atom. The summed E-state index contributed by atoms with van der Waals surface area (Å²) >= 11 is 0. The number of hydrogen-bond acceptors (Lipinski definition) is 6. The van der Waals surface area contributed by atoms with E-state index >= 15 is 0 Å². The number of piperidine rings is 1. The van der Waals surface area contributed by atoms with Gasteiger partial charge in [-0.2, -0.15) is 0 Å². The van der Waals surface area contributed by atoms with E-state index in [2.05, 4.69) is 17.1 Å². The minimum absolute atomic E-state index is 0.0972. The van der Waals surface area contributed by atoms with Gasteiger partial charge in [0.2, 0.25) is 0 Å². The third kappa shape index (κ3) is 3.81. The highest BCUT2D eigenvalue weighted by Gasteiger charge is 2.48. The Balaban J connectivity index is 1.09. The standard InChI is InChI=1S/C31H27N3O5/c1-38-28(35)16-33-17-32-27-11-10-18(13-26(27)30(33)36)25-14-20-12-19(25)15-34(20)31(37)39-29-23-8-4-2-6-21(23)22-7-3-5-9-24(22)29/h2-11,13,17,19-20,25,29H,12,14-16H2,1H3. The van der Waals surface area contributed by atoms with Gasteiger partial charge in [-0.05, 0) is 53.5 Å². The second-order valence-corrected chi connectivity index (χ2v) is 10.6. The number of carbonyl (C=O) groups is 2. The highest BCUT2D eigenvalue weighted by molar-refractivity contribution is 5.81. The van der Waals surface area contributed by atoms with Crippen LogP contribution in [0.5, 0.6) is 0 Å². The first-order valence-electron chi connectivity index (χ1n) is 13.2. The zero-order chi connectivity index (χ0) is 26.7. The number of carbonyl (C=O) groups excluding carboxylic acids is 2. The molecule has 0 radical (unpaired) electrons. The SMILES string of the molecule is COC(=O)Cn1cnc2ccc(C3CC4CC3CN4C(=O)OC3c4ccccc4-c4ccccc43)cc2c1=O. The minimum Gasteiger partial charge on any atom is -0.468 e. The summed E-state index contributed by atoms with van der Waals surface area (Å²) in [6, 6.07) is 22.1. The van der Waals surface area contributed by atoms with E-state index in [1.54, 1.807) is 0 Å². The highest BCUT2D eigenvalue weighted by Crippen LogP contribution is 2.49. The first-order valence-corrected chi connectivity index (χ1v) is 13.2. The van der Waals surface area contributed by atoms with Gasteiger partial charge in [-0.15, -0.1) is 0 Å². The van der Waals surface area contributed by atoms with Crippen molar-refractivity contribution >= 4 is 23.0 Å². The molecule has 2 bridgehead atoms. The number of amides is 1. The summed E-state index contributed by atoms with van der Waals surface area (Å²) in [4.78, 5) is 44.4. The molecule has 3 aliphatic rings. The van der Waals surface area contributed by atoms with Gasteiger partial charge in [0.05, 0.1) is 24.3 Å². The van der Waals surface area contributed by atoms with Gasteiger partial charge in [0.15, 0.2) is 6.10 Å². The molecule has 0 N–H and O–H groups in total. The maximum Gasteiger partial charge on any atom is 0.410 e. The molecule has 1 aliphatic heterocycles. The van der Waals surface area contributed by atoms with Crippen LogP contribution in [0.25, 0.3) is 22.0 Å². The third-order valence-electron chi connectivity index (χ3n) is 8.58. The number of rotatable bonds is 4. The topological polar surface area (TPSA) is 90.7 Å². The number of benzene rings is 3. The van der Waals surface area contributed by atoms with Crippen molar-refractivity contribution in [1.82, 2.24) is 14.5 Å². The van der Waals surface area contributed by atoms with E-state index < -0.39 is 12.1 Å². The molecule has 2 heterocycles. The lowest BCUT2D eigenvalue weighted by Crippen LogP contribution is -2.40. The van der Waals surface area contributed by atoms with Crippen LogP contribution in [-0.2, 0) is 20.8 Å². The van der Waals surface area contributed by atoms with E-state index in [9.17, 15) is 14.4 Å². The number of aromatic nitrogens is 2. The average Bonchev–Trinajstić information content (AvgIpc) is 3.67. The van der Waals surface area contributed by atoms with Crippen molar-refractivity contribution in [2.75, 3.05) is 13.7 Å². The number of nitrogens with zero attached hydrogens (tertiary/aromatic N) is 3. The summed E-state index contributed by atoms with van der Waals surface area (Å²) in [5.74, 6) is 0.0289. The van der Waals surface area contributed by atoms with Gasteiger partial charge in [0, 0.05) is 23.7 Å². The van der Waals surface area contributed by atoms with E-state index in [1.165, 1.54) is 18.0 Å². The molecule has 8 heteroatoms. The van der Waals surface area contributed by atoms with E-state index in [-0.39, 0.29) is 36.1 Å². The molecule has 196 valence electrons. The van der Waals surface area contributed by atoms with Gasteiger partial charge in [-0.25, -0.2) is 9.78 Å². The quantitative estimate of drug-likeness (QED) is 0.363. The summed E-state index contributed by atoms with van der Waals surface area (Å²) in [7, 11) is 1.29. The molecule has 0 spiro atoms. The highest BCUT2D eigenvalue weighted by atomic mass is 16.6. The second kappa shape index (κ2) is 9.08. The van der Waals surface area contributed by atoms with E-state index in [1.807, 2.05) is 59.5 Å². The van der Waals surface area contributed by atoms with Gasteiger partial charge >= 0.3 is 12.1 Å². The molecule has 4 aromatic rings. The van der Waals surface area contributed by atoms with Crippen molar-refractivity contribution < 1.29 is 19.1 Å². The Hall–Kier alpha value is -4.46. The molecule has 7 rings (SSSR count). The number of hydrogen-bond donors (Lipinski definition) is 0. The van der Waals surface area contributed by atoms with Crippen LogP contribution in [0, 0.1) is 5.92 Å². The first-order chi connectivity index (χ1) is 19.0. The number of esters is 1. The summed E-state index contributed by atoms with van der Waals surface area (Å²) in [6.45, 7) is 0.450. The molecule has 1 aromatic heterocycles. The lowest BCUT2D eigenvalue weighted by Gasteiger charge is -2.32. The summed E-state index contributed by atoms with van der Waals surface area (Å²) in [6.07, 6.45) is 2.43. The fourth-order valence-electron chi connectivity index (χ4n) is 6.71. The van der Waals surface area contributed by atoms with Gasteiger partial charge < -0.3 is 14.4 Å². The van der Waals surface area contributed by atoms with E-state index in [0.29, 0.717) is 17.4 Å². The van der Waals surface area contributed by atoms with Crippen molar-refractivity contribution in [3.63, 3.8) is 0 Å². The molecular weight excluding hydrogens is 494 g/mol. The Morgan fingerprint density at radius 2 is 1.69 bits per heavy atom. The fraction of sp³-hybridized carbons (Fsp3) is 0.290. The Morgan fingerprint density at radius 3 is 2.36 bits per heavy atom. The molecular formula is C31H27N3O5. The summed E-state index contributed by atoms with van der Waals surface area (Å²) in [5, 5.41) is 0.483. The molecule has 2 fully saturated rings. The lowest BCUT2D eigenvalue weighted by molar-refractivity contribution is -0.141. The van der Waals surface area contributed by atoms with Gasteiger partial charge in [0.1, 0.15) is 6.54 Å². The zero-order valence-electron chi connectivity index (χ0n) is 21.4. The number of ether oxygens (including phenoxy) is 2. The van der Waals surface area contributed by atoms with Crippen molar-refractivity contribution in [2.24, 2.45) is 5.92 Å². The summed E-state index contributed by atoms with van der Waals surface area (Å²) < 4.78 is 12.1. The van der Waals surface area contributed by atoms with Crippen LogP contribution in [0.3, 0.4) is 0 Å². The third-order valence-corrected chi connectivity index (χ3v) is 8.58. The van der Waals surface area contributed by atoms with Crippen LogP contribution in [-0.4, -0.2) is 46.2 Å². The fourth-order valence-corrected chi connectivity index (χ4v) is 6.71. The number of methoxy groups -OCH3 is 1. The lowest BCUT2D eigenvalue weighted by atomic mass is 9.87. The number of fused-ring (bicyclic) bond motifs is 6. The number of likely N-dealkylation sites (tertiary alicyclic amines) is 1. The van der Waals surface area contributed by atoms with Crippen LogP contribution in [0.2, 0.25) is 0 Å². The van der Waals surface area contributed by atoms with Crippen LogP contribution in [0.1, 0.15) is 41.6 Å². The minimum atomic E-state index is -0.501. The smallest absolute Gasteiger partial charge is 0.410 e. The normalized spacial score (nSPS) is 21.2. The molecule has 1 saturated carbocycles. The van der Waals surface area contributed by atoms with Crippen LogP contribution >= 0.6 is 0 Å². The maximum absolute atomic E-state index is 13.4. The van der Waals surface area contributed by atoms with Gasteiger partial charge in [-0.3, -0.25) is 14.2 Å². The Kier molecular flexibility index (Phi) is 5.50. The molecule has 3 aromatic carbocycles. The monoisotopic (exact) mass is 521 g/mol. The second-order valence-electron chi connectivity index (χ2n) is 10.6. The average molecular weight is 522 g/mol. The predicted molar refractivity (Wildman–Crippen MR) is 144 cm³/mol. The van der Waals surface area contributed by atoms with Gasteiger partial charge in [-0.1, -0.05) is 54.6 Å². The molecule has 2 aliphatic carbocycles. The Bertz CT molecular complexity index is 1650. The zero-order valence-corrected chi connectivity index (χ0v) is 21.4.